The maximum absolute atomic E-state index is 13.6. The number of nitrogens with zero attached hydrogens (tertiary/aromatic N) is 1. The number of benzene rings is 2. The molecule has 3 rings (SSSR count). The van der Waals surface area contributed by atoms with Gasteiger partial charge in [-0.3, -0.25) is 4.79 Å². The molecule has 0 saturated heterocycles. The molecule has 2 aromatic carbocycles. The predicted molar refractivity (Wildman–Crippen MR) is 78.1 cm³/mol. The van der Waals surface area contributed by atoms with Crippen molar-refractivity contribution in [3.05, 3.63) is 58.3 Å². The van der Waals surface area contributed by atoms with Crippen LogP contribution in [-0.2, 0) is 0 Å². The lowest BCUT2D eigenvalue weighted by molar-refractivity contribution is 0.102. The molecule has 0 saturated carbocycles. The van der Waals surface area contributed by atoms with E-state index in [1.54, 1.807) is 18.2 Å². The third-order valence-electron chi connectivity index (χ3n) is 2.94. The van der Waals surface area contributed by atoms with E-state index in [-0.39, 0.29) is 10.2 Å². The zero-order chi connectivity index (χ0) is 15.0. The van der Waals surface area contributed by atoms with E-state index in [0.717, 1.165) is 5.52 Å². The highest BCUT2D eigenvalue weighted by Gasteiger charge is 2.13. The molecule has 1 amide bonds. The van der Waals surface area contributed by atoms with Crippen molar-refractivity contribution in [3.8, 4) is 0 Å². The summed E-state index contributed by atoms with van der Waals surface area (Å²) in [5, 5.41) is 2.41. The summed E-state index contributed by atoms with van der Waals surface area (Å²) in [6.45, 7) is 0. The Balaban J connectivity index is 1.90. The van der Waals surface area contributed by atoms with Gasteiger partial charge in [-0.25, -0.2) is 13.8 Å². The highest BCUT2D eigenvalue weighted by molar-refractivity contribution is 9.10. The molecule has 0 fully saturated rings. The molecule has 0 atom stereocenters. The number of fused-ring (bicyclic) bond motifs is 1. The molecule has 0 aliphatic heterocycles. The van der Waals surface area contributed by atoms with Crippen LogP contribution in [0.15, 0.2) is 41.1 Å². The van der Waals surface area contributed by atoms with Gasteiger partial charge in [-0.2, -0.15) is 0 Å². The summed E-state index contributed by atoms with van der Waals surface area (Å²) in [4.78, 5) is 19.0. The van der Waals surface area contributed by atoms with E-state index in [1.165, 1.54) is 12.4 Å². The first kappa shape index (κ1) is 13.7. The highest BCUT2D eigenvalue weighted by atomic mass is 79.9. The van der Waals surface area contributed by atoms with Crippen molar-refractivity contribution in [2.24, 2.45) is 0 Å². The Bertz CT molecular complexity index is 847. The average molecular weight is 352 g/mol. The molecule has 3 aromatic rings. The number of aromatic amines is 1. The molecule has 0 radical (unpaired) electrons. The molecule has 7 heteroatoms. The van der Waals surface area contributed by atoms with Crippen LogP contribution in [0.4, 0.5) is 14.5 Å². The van der Waals surface area contributed by atoms with Crippen LogP contribution in [0.5, 0.6) is 0 Å². The summed E-state index contributed by atoms with van der Waals surface area (Å²) < 4.78 is 26.8. The number of amides is 1. The van der Waals surface area contributed by atoms with Gasteiger partial charge in [0.25, 0.3) is 5.91 Å². The van der Waals surface area contributed by atoms with Crippen molar-refractivity contribution in [2.45, 2.75) is 0 Å². The van der Waals surface area contributed by atoms with Gasteiger partial charge in [-0.05, 0) is 40.2 Å². The first-order valence-electron chi connectivity index (χ1n) is 5.93. The van der Waals surface area contributed by atoms with Gasteiger partial charge in [0.05, 0.1) is 27.5 Å². The van der Waals surface area contributed by atoms with Gasteiger partial charge >= 0.3 is 0 Å². The number of imidazole rings is 1. The Morgan fingerprint density at radius 2 is 2.00 bits per heavy atom. The van der Waals surface area contributed by atoms with Crippen molar-refractivity contribution in [3.63, 3.8) is 0 Å². The van der Waals surface area contributed by atoms with Crippen molar-refractivity contribution in [2.75, 3.05) is 5.32 Å². The molecular weight excluding hydrogens is 344 g/mol. The van der Waals surface area contributed by atoms with Gasteiger partial charge in [0.2, 0.25) is 0 Å². The topological polar surface area (TPSA) is 57.8 Å². The summed E-state index contributed by atoms with van der Waals surface area (Å²) >= 11 is 2.95. The largest absolute Gasteiger partial charge is 0.345 e. The summed E-state index contributed by atoms with van der Waals surface area (Å²) in [5.41, 5.74) is 1.66. The normalized spacial score (nSPS) is 10.8. The Hall–Kier alpha value is -2.28. The van der Waals surface area contributed by atoms with E-state index < -0.39 is 17.5 Å². The fraction of sp³-hybridized carbons (Fsp3) is 0. The van der Waals surface area contributed by atoms with Gasteiger partial charge in [0, 0.05) is 11.6 Å². The number of anilines is 1. The molecule has 0 spiro atoms. The summed E-state index contributed by atoms with van der Waals surface area (Å²) in [7, 11) is 0. The van der Waals surface area contributed by atoms with Crippen LogP contribution in [0, 0.1) is 11.6 Å². The van der Waals surface area contributed by atoms with E-state index in [1.807, 2.05) is 0 Å². The van der Waals surface area contributed by atoms with Crippen LogP contribution in [0.25, 0.3) is 11.0 Å². The van der Waals surface area contributed by atoms with E-state index in [2.05, 4.69) is 31.2 Å². The van der Waals surface area contributed by atoms with E-state index in [0.29, 0.717) is 17.1 Å². The van der Waals surface area contributed by atoms with Crippen LogP contribution in [0.3, 0.4) is 0 Å². The second kappa shape index (κ2) is 5.25. The maximum Gasteiger partial charge on any atom is 0.255 e. The lowest BCUT2D eigenvalue weighted by atomic mass is 10.2. The van der Waals surface area contributed by atoms with Crippen LogP contribution >= 0.6 is 15.9 Å². The monoisotopic (exact) mass is 351 g/mol. The molecule has 1 heterocycles. The summed E-state index contributed by atoms with van der Waals surface area (Å²) in [6.07, 6.45) is 1.52. The van der Waals surface area contributed by atoms with Crippen LogP contribution < -0.4 is 5.32 Å². The number of halogens is 3. The quantitative estimate of drug-likeness (QED) is 0.689. The van der Waals surface area contributed by atoms with Gasteiger partial charge in [0.15, 0.2) is 0 Å². The number of hydrogen-bond donors (Lipinski definition) is 2. The van der Waals surface area contributed by atoms with Crippen LogP contribution in [0.2, 0.25) is 0 Å². The molecule has 106 valence electrons. The minimum Gasteiger partial charge on any atom is -0.345 e. The minimum absolute atomic E-state index is 0.0724. The number of carbonyl (C=O) groups is 1. The Morgan fingerprint density at radius 3 is 2.81 bits per heavy atom. The molecule has 0 bridgehead atoms. The number of nitrogens with one attached hydrogen (secondary N) is 2. The first-order valence-corrected chi connectivity index (χ1v) is 6.73. The minimum atomic E-state index is -0.841. The predicted octanol–water partition coefficient (Wildman–Crippen LogP) is 3.86. The van der Waals surface area contributed by atoms with Crippen molar-refractivity contribution in [1.82, 2.24) is 9.97 Å². The molecule has 0 unspecified atom stereocenters. The summed E-state index contributed by atoms with van der Waals surface area (Å²) in [6, 6.07) is 6.75. The Morgan fingerprint density at radius 1 is 1.19 bits per heavy atom. The standard InChI is InChI=1S/C14H8BrF2N3O/c15-8-4-12(10(17)5-9(8)16)20-14(21)7-1-2-11-13(3-7)19-6-18-11/h1-6H,(H,18,19)(H,20,21). The molecule has 1 aromatic heterocycles. The lowest BCUT2D eigenvalue weighted by Crippen LogP contribution is -2.13. The fourth-order valence-corrected chi connectivity index (χ4v) is 2.23. The smallest absolute Gasteiger partial charge is 0.255 e. The van der Waals surface area contributed by atoms with E-state index in [9.17, 15) is 13.6 Å². The van der Waals surface area contributed by atoms with Crippen molar-refractivity contribution >= 4 is 38.6 Å². The van der Waals surface area contributed by atoms with Crippen molar-refractivity contribution in [1.29, 1.82) is 0 Å². The number of carbonyl (C=O) groups excluding carboxylic acids is 1. The lowest BCUT2D eigenvalue weighted by Gasteiger charge is -2.07. The number of H-pyrrole nitrogens is 1. The summed E-state index contributed by atoms with van der Waals surface area (Å²) in [5.74, 6) is -2.07. The van der Waals surface area contributed by atoms with Crippen molar-refractivity contribution < 1.29 is 13.6 Å². The van der Waals surface area contributed by atoms with E-state index in [4.69, 9.17) is 0 Å². The third kappa shape index (κ3) is 2.64. The zero-order valence-electron chi connectivity index (χ0n) is 10.5. The highest BCUT2D eigenvalue weighted by Crippen LogP contribution is 2.24. The first-order chi connectivity index (χ1) is 10.0. The van der Waals surface area contributed by atoms with Gasteiger partial charge < -0.3 is 10.3 Å². The van der Waals surface area contributed by atoms with Gasteiger partial charge in [-0.15, -0.1) is 0 Å². The molecule has 0 aliphatic carbocycles. The Kier molecular flexibility index (Phi) is 3.42. The second-order valence-electron chi connectivity index (χ2n) is 4.33. The fourth-order valence-electron chi connectivity index (χ4n) is 1.89. The molecule has 0 aliphatic rings. The third-order valence-corrected chi connectivity index (χ3v) is 3.55. The van der Waals surface area contributed by atoms with Gasteiger partial charge in [0.1, 0.15) is 11.6 Å². The van der Waals surface area contributed by atoms with Crippen LogP contribution in [-0.4, -0.2) is 15.9 Å². The maximum atomic E-state index is 13.6. The number of hydrogen-bond acceptors (Lipinski definition) is 2. The Labute approximate surface area is 126 Å². The van der Waals surface area contributed by atoms with Gasteiger partial charge in [-0.1, -0.05) is 0 Å². The average Bonchev–Trinajstić information content (AvgIpc) is 2.92. The SMILES string of the molecule is O=C(Nc1cc(Br)c(F)cc1F)c1ccc2nc[nH]c2c1. The number of rotatable bonds is 2. The number of aromatic nitrogens is 2. The molecule has 2 N–H and O–H groups in total. The molecule has 21 heavy (non-hydrogen) atoms. The van der Waals surface area contributed by atoms with E-state index >= 15 is 0 Å². The molecular formula is C14H8BrF2N3O. The zero-order valence-corrected chi connectivity index (χ0v) is 12.0. The second-order valence-corrected chi connectivity index (χ2v) is 5.19. The molecule has 4 nitrogen and oxygen atoms in total. The van der Waals surface area contributed by atoms with Crippen LogP contribution in [0.1, 0.15) is 10.4 Å².